The number of nitrogens with one attached hydrogen (secondary N) is 1. The van der Waals surface area contributed by atoms with Gasteiger partial charge in [-0.1, -0.05) is 87.8 Å². The van der Waals surface area contributed by atoms with Crippen molar-refractivity contribution < 1.29 is 19.4 Å². The van der Waals surface area contributed by atoms with Gasteiger partial charge in [0.2, 0.25) is 11.8 Å². The summed E-state index contributed by atoms with van der Waals surface area (Å²) in [6, 6.07) is 16.7. The van der Waals surface area contributed by atoms with Crippen LogP contribution in [0.25, 0.3) is 11.3 Å². The van der Waals surface area contributed by atoms with Crippen LogP contribution in [0.3, 0.4) is 0 Å². The molecule has 6 N–H and O–H groups in total. The minimum Gasteiger partial charge on any atom is -0.507 e. The Morgan fingerprint density at radius 1 is 0.786 bits per heavy atom. The van der Waals surface area contributed by atoms with Crippen molar-refractivity contribution in [3.05, 3.63) is 65.7 Å². The molecule has 2 amide bonds. The van der Waals surface area contributed by atoms with Gasteiger partial charge in [0.1, 0.15) is 11.4 Å². The number of hydrogen-bond acceptors (Lipinski definition) is 7. The number of amides is 2. The van der Waals surface area contributed by atoms with Gasteiger partial charge in [0, 0.05) is 37.4 Å². The number of carbonyl (C=O) groups is 2. The number of rotatable bonds is 20. The van der Waals surface area contributed by atoms with Gasteiger partial charge < -0.3 is 26.6 Å². The van der Waals surface area contributed by atoms with E-state index in [4.69, 9.17) is 16.2 Å². The Kier molecular flexibility index (Phi) is 14.1. The predicted octanol–water partition coefficient (Wildman–Crippen LogP) is 5.84. The first kappa shape index (κ1) is 32.4. The molecule has 0 bridgehead atoms. The van der Waals surface area contributed by atoms with Gasteiger partial charge in [0.15, 0.2) is 11.6 Å². The third-order valence-electron chi connectivity index (χ3n) is 7.20. The highest BCUT2D eigenvalue weighted by Gasteiger charge is 2.11. The zero-order chi connectivity index (χ0) is 30.0. The lowest BCUT2D eigenvalue weighted by molar-refractivity contribution is -0.121. The maximum Gasteiger partial charge on any atom is 0.220 e. The predicted molar refractivity (Wildman–Crippen MR) is 166 cm³/mol. The molecule has 0 radical (unpaired) electrons. The third-order valence-corrected chi connectivity index (χ3v) is 7.20. The summed E-state index contributed by atoms with van der Waals surface area (Å²) in [5.74, 6) is 0.624. The quantitative estimate of drug-likeness (QED) is 0.124. The van der Waals surface area contributed by atoms with E-state index in [0.29, 0.717) is 49.4 Å². The van der Waals surface area contributed by atoms with Gasteiger partial charge in [-0.25, -0.2) is 0 Å². The number of carbonyl (C=O) groups excluding carboxylic acids is 2. The number of nitrogens with two attached hydrogens (primary N) is 2. The highest BCUT2D eigenvalue weighted by molar-refractivity contribution is 5.75. The number of unbranched alkanes of at least 4 members (excludes halogenated alkanes) is 9. The number of nitrogen functional groups attached to an aromatic ring is 1. The van der Waals surface area contributed by atoms with Gasteiger partial charge >= 0.3 is 0 Å². The number of aromatic hydroxyl groups is 1. The van der Waals surface area contributed by atoms with E-state index in [1.807, 2.05) is 30.3 Å². The fourth-order valence-corrected chi connectivity index (χ4v) is 4.71. The van der Waals surface area contributed by atoms with Crippen molar-refractivity contribution in [1.29, 1.82) is 0 Å². The Bertz CT molecular complexity index is 1250. The van der Waals surface area contributed by atoms with E-state index in [-0.39, 0.29) is 23.4 Å². The van der Waals surface area contributed by atoms with E-state index in [9.17, 15) is 14.7 Å². The minimum atomic E-state index is -0.203. The maximum atomic E-state index is 12.2. The van der Waals surface area contributed by atoms with Crippen molar-refractivity contribution in [3.8, 4) is 22.8 Å². The number of primary amides is 1. The molecule has 0 aliphatic heterocycles. The molecule has 3 aromatic rings. The van der Waals surface area contributed by atoms with Gasteiger partial charge in [-0.15, -0.1) is 10.2 Å². The Hall–Kier alpha value is -4.14. The van der Waals surface area contributed by atoms with Crippen LogP contribution in [0.5, 0.6) is 11.5 Å². The summed E-state index contributed by atoms with van der Waals surface area (Å²) in [6.45, 7) is 0.925. The van der Waals surface area contributed by atoms with Crippen LogP contribution in [0, 0.1) is 0 Å². The lowest BCUT2D eigenvalue weighted by Crippen LogP contribution is -2.22. The molecule has 9 heteroatoms. The molecule has 42 heavy (non-hydrogen) atoms. The molecular formula is C33H45N5O4. The minimum absolute atomic E-state index is 0.0928. The van der Waals surface area contributed by atoms with Gasteiger partial charge in [-0.2, -0.15) is 0 Å². The third kappa shape index (κ3) is 12.2. The van der Waals surface area contributed by atoms with Crippen LogP contribution >= 0.6 is 0 Å². The summed E-state index contributed by atoms with van der Waals surface area (Å²) in [5.41, 5.74) is 14.3. The van der Waals surface area contributed by atoms with Crippen LogP contribution in [-0.4, -0.2) is 33.7 Å². The SMILES string of the molecule is NC(=O)CCCCCCCCCCCCC(=O)NCc1ccc(CCOc2cc(-c3ccccc3O)nnc2N)cc1. The number of nitrogens with zero attached hydrogens (tertiary/aromatic N) is 2. The van der Waals surface area contributed by atoms with E-state index >= 15 is 0 Å². The first-order chi connectivity index (χ1) is 20.4. The van der Waals surface area contributed by atoms with E-state index in [0.717, 1.165) is 36.8 Å². The number of hydrogen-bond donors (Lipinski definition) is 4. The molecule has 0 saturated carbocycles. The van der Waals surface area contributed by atoms with Gasteiger partial charge in [0.05, 0.1) is 6.61 Å². The molecule has 9 nitrogen and oxygen atoms in total. The molecule has 3 rings (SSSR count). The van der Waals surface area contributed by atoms with Gasteiger partial charge in [-0.3, -0.25) is 9.59 Å². The Labute approximate surface area is 249 Å². The van der Waals surface area contributed by atoms with Crippen molar-refractivity contribution in [2.75, 3.05) is 12.3 Å². The van der Waals surface area contributed by atoms with E-state index < -0.39 is 0 Å². The second kappa shape index (κ2) is 18.3. The van der Waals surface area contributed by atoms with E-state index in [1.54, 1.807) is 24.3 Å². The average molecular weight is 576 g/mol. The second-order valence-corrected chi connectivity index (χ2v) is 10.7. The zero-order valence-corrected chi connectivity index (χ0v) is 24.5. The number of phenols is 1. The number of anilines is 1. The lowest BCUT2D eigenvalue weighted by atomic mass is 10.0. The summed E-state index contributed by atoms with van der Waals surface area (Å²) in [6.07, 6.45) is 13.0. The number of benzene rings is 2. The van der Waals surface area contributed by atoms with Gasteiger partial charge in [-0.05, 0) is 36.1 Å². The summed E-state index contributed by atoms with van der Waals surface area (Å²) in [5, 5.41) is 21.1. The smallest absolute Gasteiger partial charge is 0.220 e. The lowest BCUT2D eigenvalue weighted by Gasteiger charge is -2.10. The molecule has 2 aromatic carbocycles. The van der Waals surface area contributed by atoms with Crippen LogP contribution in [0.1, 0.15) is 88.2 Å². The number of para-hydroxylation sites is 1. The largest absolute Gasteiger partial charge is 0.507 e. The molecule has 0 unspecified atom stereocenters. The van der Waals surface area contributed by atoms with Crippen molar-refractivity contribution in [2.45, 2.75) is 90.0 Å². The van der Waals surface area contributed by atoms with E-state index in [2.05, 4.69) is 15.5 Å². The highest BCUT2D eigenvalue weighted by atomic mass is 16.5. The number of aromatic nitrogens is 2. The standard InChI is InChI=1S/C33H45N5O4/c34-31(40)15-9-7-5-3-1-2-4-6-8-10-16-32(41)36-24-26-19-17-25(18-20-26)21-22-42-30-23-28(37-38-33(30)35)27-13-11-12-14-29(27)39/h11-14,17-20,23,39H,1-10,15-16,21-22,24H2,(H2,34,40)(H2,35,38)(H,36,41). The number of ether oxygens (including phenoxy) is 1. The molecule has 0 aliphatic rings. The Balaban J connectivity index is 1.25. The normalized spacial score (nSPS) is 10.9. The molecule has 1 heterocycles. The fraction of sp³-hybridized carbons (Fsp3) is 0.455. The Morgan fingerprint density at radius 2 is 1.38 bits per heavy atom. The highest BCUT2D eigenvalue weighted by Crippen LogP contribution is 2.30. The summed E-state index contributed by atoms with van der Waals surface area (Å²) >= 11 is 0. The maximum absolute atomic E-state index is 12.2. The van der Waals surface area contributed by atoms with E-state index in [1.165, 1.54) is 38.5 Å². The van der Waals surface area contributed by atoms with Crippen LogP contribution in [-0.2, 0) is 22.6 Å². The topological polar surface area (TPSA) is 153 Å². The molecular weight excluding hydrogens is 530 g/mol. The molecule has 0 saturated heterocycles. The molecule has 226 valence electrons. The molecule has 0 spiro atoms. The van der Waals surface area contributed by atoms with Crippen molar-refractivity contribution >= 4 is 17.6 Å². The summed E-state index contributed by atoms with van der Waals surface area (Å²) in [4.78, 5) is 22.9. The van der Waals surface area contributed by atoms with Gasteiger partial charge in [0.25, 0.3) is 0 Å². The van der Waals surface area contributed by atoms with Crippen LogP contribution in [0.4, 0.5) is 5.82 Å². The molecule has 0 fully saturated rings. The van der Waals surface area contributed by atoms with Crippen LogP contribution in [0.15, 0.2) is 54.6 Å². The molecule has 0 atom stereocenters. The summed E-state index contributed by atoms with van der Waals surface area (Å²) in [7, 11) is 0. The van der Waals surface area contributed by atoms with Crippen molar-refractivity contribution in [3.63, 3.8) is 0 Å². The van der Waals surface area contributed by atoms with Crippen LogP contribution in [0.2, 0.25) is 0 Å². The number of phenolic OH excluding ortho intramolecular Hbond substituents is 1. The zero-order valence-electron chi connectivity index (χ0n) is 24.5. The second-order valence-electron chi connectivity index (χ2n) is 10.7. The molecule has 0 aliphatic carbocycles. The van der Waals surface area contributed by atoms with Crippen molar-refractivity contribution in [2.24, 2.45) is 5.73 Å². The van der Waals surface area contributed by atoms with Crippen LogP contribution < -0.4 is 21.5 Å². The average Bonchev–Trinajstić information content (AvgIpc) is 2.98. The fourth-order valence-electron chi connectivity index (χ4n) is 4.71. The monoisotopic (exact) mass is 575 g/mol. The Morgan fingerprint density at radius 3 is 2.02 bits per heavy atom. The first-order valence-electron chi connectivity index (χ1n) is 15.1. The van der Waals surface area contributed by atoms with Crippen molar-refractivity contribution in [1.82, 2.24) is 15.5 Å². The first-order valence-corrected chi connectivity index (χ1v) is 15.1. The molecule has 1 aromatic heterocycles. The summed E-state index contributed by atoms with van der Waals surface area (Å²) < 4.78 is 5.87.